The summed E-state index contributed by atoms with van der Waals surface area (Å²) in [6, 6.07) is 6.80. The van der Waals surface area contributed by atoms with E-state index >= 15 is 0 Å². The van der Waals surface area contributed by atoms with E-state index in [1.807, 2.05) is 18.3 Å². The monoisotopic (exact) mass is 428 g/mol. The van der Waals surface area contributed by atoms with Gasteiger partial charge in [-0.05, 0) is 37.5 Å². The van der Waals surface area contributed by atoms with E-state index in [2.05, 4.69) is 20.2 Å². The molecule has 2 heterocycles. The number of hydrogen-bond acceptors (Lipinski definition) is 6. The van der Waals surface area contributed by atoms with Crippen molar-refractivity contribution in [3.8, 4) is 5.75 Å². The number of amides is 2. The quantitative estimate of drug-likeness (QED) is 0.495. The third-order valence-electron chi connectivity index (χ3n) is 5.02. The summed E-state index contributed by atoms with van der Waals surface area (Å²) in [6.45, 7) is 2.01. The number of imidazole rings is 1. The number of methoxy groups -OCH3 is 1. The van der Waals surface area contributed by atoms with E-state index < -0.39 is 12.0 Å². The highest BCUT2D eigenvalue weighted by Gasteiger charge is 2.34. The standard InChI is InChI=1S/C21H24N4O4S/c1-3-29-19(26)17-16(12-30-21-22-10-11-25(21)14-6-7-14)23-20(27)24-18(17)13-4-8-15(28-2)9-5-13/h4-5,8-11,14,18H,3,6-7,12H2,1-2H3,(H2,23,24,27). The molecule has 1 fully saturated rings. The molecule has 30 heavy (non-hydrogen) atoms. The lowest BCUT2D eigenvalue weighted by atomic mass is 9.95. The summed E-state index contributed by atoms with van der Waals surface area (Å²) in [5, 5.41) is 6.52. The maximum absolute atomic E-state index is 12.8. The van der Waals surface area contributed by atoms with E-state index in [1.165, 1.54) is 11.8 Å². The molecule has 1 aliphatic carbocycles. The summed E-state index contributed by atoms with van der Waals surface area (Å²) in [7, 11) is 1.59. The van der Waals surface area contributed by atoms with Gasteiger partial charge in [-0.15, -0.1) is 0 Å². The molecule has 1 aliphatic heterocycles. The Balaban J connectivity index is 1.65. The number of rotatable bonds is 8. The fraction of sp³-hybridized carbons (Fsp3) is 0.381. The average molecular weight is 429 g/mol. The molecule has 9 heteroatoms. The molecule has 2 aliphatic rings. The fourth-order valence-electron chi connectivity index (χ4n) is 3.41. The molecule has 4 rings (SSSR count). The van der Waals surface area contributed by atoms with Gasteiger partial charge in [0.05, 0.1) is 25.3 Å². The molecule has 1 aromatic carbocycles. The Bertz CT molecular complexity index is 966. The zero-order valence-corrected chi connectivity index (χ0v) is 17.7. The minimum atomic E-state index is -0.609. The Labute approximate surface area is 179 Å². The number of benzene rings is 1. The van der Waals surface area contributed by atoms with Crippen molar-refractivity contribution in [2.75, 3.05) is 19.5 Å². The van der Waals surface area contributed by atoms with Crippen molar-refractivity contribution in [1.29, 1.82) is 0 Å². The number of ether oxygens (including phenoxy) is 2. The van der Waals surface area contributed by atoms with Crippen LogP contribution in [0.2, 0.25) is 0 Å². The van der Waals surface area contributed by atoms with Gasteiger partial charge in [0.2, 0.25) is 0 Å². The van der Waals surface area contributed by atoms with Crippen LogP contribution in [0.25, 0.3) is 0 Å². The number of esters is 1. The van der Waals surface area contributed by atoms with Crippen LogP contribution in [0.5, 0.6) is 5.75 Å². The van der Waals surface area contributed by atoms with Crippen LogP contribution in [0.15, 0.2) is 53.1 Å². The van der Waals surface area contributed by atoms with Crippen LogP contribution in [-0.2, 0) is 9.53 Å². The van der Waals surface area contributed by atoms with Gasteiger partial charge in [-0.1, -0.05) is 23.9 Å². The number of urea groups is 1. The van der Waals surface area contributed by atoms with Crippen molar-refractivity contribution in [3.63, 3.8) is 0 Å². The highest BCUT2D eigenvalue weighted by atomic mass is 32.2. The van der Waals surface area contributed by atoms with E-state index in [-0.39, 0.29) is 12.6 Å². The van der Waals surface area contributed by atoms with E-state index in [0.29, 0.717) is 28.8 Å². The Kier molecular flexibility index (Phi) is 5.98. The van der Waals surface area contributed by atoms with Gasteiger partial charge >= 0.3 is 12.0 Å². The van der Waals surface area contributed by atoms with Crippen molar-refractivity contribution in [2.45, 2.75) is 37.0 Å². The molecular weight excluding hydrogens is 404 g/mol. The van der Waals surface area contributed by atoms with Crippen LogP contribution in [0.3, 0.4) is 0 Å². The first-order chi connectivity index (χ1) is 14.6. The van der Waals surface area contributed by atoms with Crippen LogP contribution in [0, 0.1) is 0 Å². The summed E-state index contributed by atoms with van der Waals surface area (Å²) in [5.41, 5.74) is 1.71. The van der Waals surface area contributed by atoms with Gasteiger partial charge in [-0.2, -0.15) is 0 Å². The Morgan fingerprint density at radius 3 is 2.73 bits per heavy atom. The zero-order valence-electron chi connectivity index (χ0n) is 16.9. The normalized spacial score (nSPS) is 18.6. The first-order valence-corrected chi connectivity index (χ1v) is 10.9. The molecule has 0 bridgehead atoms. The van der Waals surface area contributed by atoms with Crippen LogP contribution in [0.4, 0.5) is 4.79 Å². The second-order valence-corrected chi connectivity index (χ2v) is 8.00. The van der Waals surface area contributed by atoms with Gasteiger partial charge in [-0.25, -0.2) is 14.6 Å². The van der Waals surface area contributed by atoms with Gasteiger partial charge in [0.1, 0.15) is 5.75 Å². The number of carbonyl (C=O) groups excluding carboxylic acids is 2. The number of nitrogens with zero attached hydrogens (tertiary/aromatic N) is 2. The molecule has 1 aromatic heterocycles. The molecule has 8 nitrogen and oxygen atoms in total. The van der Waals surface area contributed by atoms with E-state index in [0.717, 1.165) is 23.6 Å². The van der Waals surface area contributed by atoms with E-state index in [4.69, 9.17) is 9.47 Å². The number of hydrogen-bond donors (Lipinski definition) is 2. The highest BCUT2D eigenvalue weighted by molar-refractivity contribution is 7.99. The van der Waals surface area contributed by atoms with Crippen molar-refractivity contribution < 1.29 is 19.1 Å². The molecule has 1 unspecified atom stereocenters. The van der Waals surface area contributed by atoms with Gasteiger partial charge in [0, 0.05) is 29.9 Å². The lowest BCUT2D eigenvalue weighted by molar-refractivity contribution is -0.139. The maximum Gasteiger partial charge on any atom is 0.338 e. The molecule has 1 saturated carbocycles. The topological polar surface area (TPSA) is 94.5 Å². The lowest BCUT2D eigenvalue weighted by Gasteiger charge is -2.29. The summed E-state index contributed by atoms with van der Waals surface area (Å²) in [6.07, 6.45) is 6.06. The van der Waals surface area contributed by atoms with Crippen molar-refractivity contribution in [2.24, 2.45) is 0 Å². The number of thioether (sulfide) groups is 1. The first kappa shape index (κ1) is 20.3. The smallest absolute Gasteiger partial charge is 0.338 e. The third-order valence-corrected chi connectivity index (χ3v) is 6.02. The summed E-state index contributed by atoms with van der Waals surface area (Å²) in [5.74, 6) is 0.646. The minimum absolute atomic E-state index is 0.248. The molecule has 1 atom stereocenters. The van der Waals surface area contributed by atoms with Crippen molar-refractivity contribution in [1.82, 2.24) is 20.2 Å². The second kappa shape index (κ2) is 8.83. The van der Waals surface area contributed by atoms with Gasteiger partial charge in [0.15, 0.2) is 5.16 Å². The predicted octanol–water partition coefficient (Wildman–Crippen LogP) is 3.19. The number of nitrogens with one attached hydrogen (secondary N) is 2. The minimum Gasteiger partial charge on any atom is -0.497 e. The average Bonchev–Trinajstić information content (AvgIpc) is 3.49. The number of aromatic nitrogens is 2. The van der Waals surface area contributed by atoms with Gasteiger partial charge < -0.3 is 24.7 Å². The molecule has 2 amide bonds. The first-order valence-electron chi connectivity index (χ1n) is 9.88. The van der Waals surface area contributed by atoms with Gasteiger partial charge in [-0.3, -0.25) is 0 Å². The van der Waals surface area contributed by atoms with E-state index in [1.54, 1.807) is 32.4 Å². The van der Waals surface area contributed by atoms with Crippen molar-refractivity contribution >= 4 is 23.8 Å². The molecule has 2 aromatic rings. The van der Waals surface area contributed by atoms with Crippen molar-refractivity contribution in [3.05, 3.63) is 53.5 Å². The summed E-state index contributed by atoms with van der Waals surface area (Å²) in [4.78, 5) is 29.7. The largest absolute Gasteiger partial charge is 0.497 e. The summed E-state index contributed by atoms with van der Waals surface area (Å²) >= 11 is 1.50. The molecule has 0 saturated heterocycles. The molecule has 158 valence electrons. The van der Waals surface area contributed by atoms with E-state index in [9.17, 15) is 9.59 Å². The molecule has 0 radical (unpaired) electrons. The highest BCUT2D eigenvalue weighted by Crippen LogP contribution is 2.38. The Hall–Kier alpha value is -2.94. The second-order valence-electron chi connectivity index (χ2n) is 7.05. The lowest BCUT2D eigenvalue weighted by Crippen LogP contribution is -2.46. The predicted molar refractivity (Wildman–Crippen MR) is 112 cm³/mol. The summed E-state index contributed by atoms with van der Waals surface area (Å²) < 4.78 is 12.7. The third kappa shape index (κ3) is 4.30. The number of carbonyl (C=O) groups is 2. The van der Waals surface area contributed by atoms with Crippen LogP contribution >= 0.6 is 11.8 Å². The Morgan fingerprint density at radius 2 is 2.07 bits per heavy atom. The molecule has 2 N–H and O–H groups in total. The molecular formula is C21H24N4O4S. The van der Waals surface area contributed by atoms with Crippen LogP contribution in [0.1, 0.15) is 37.4 Å². The maximum atomic E-state index is 12.8. The van der Waals surface area contributed by atoms with Crippen LogP contribution < -0.4 is 15.4 Å². The van der Waals surface area contributed by atoms with Crippen LogP contribution in [-0.4, -0.2) is 41.0 Å². The molecule has 0 spiro atoms. The van der Waals surface area contributed by atoms with Gasteiger partial charge in [0.25, 0.3) is 0 Å². The Morgan fingerprint density at radius 1 is 1.30 bits per heavy atom. The zero-order chi connectivity index (χ0) is 21.1. The SMILES string of the molecule is CCOC(=O)C1=C(CSc2nccn2C2CC2)NC(=O)NC1c1ccc(OC)cc1. The fourth-order valence-corrected chi connectivity index (χ4v) is 4.40.